The van der Waals surface area contributed by atoms with Gasteiger partial charge in [-0.2, -0.15) is 0 Å². The maximum atomic E-state index is 4.70. The number of aromatic nitrogens is 2. The van der Waals surface area contributed by atoms with Crippen LogP contribution < -0.4 is 0 Å². The zero-order valence-corrected chi connectivity index (χ0v) is 14.3. The van der Waals surface area contributed by atoms with E-state index in [0.29, 0.717) is 6.04 Å². The summed E-state index contributed by atoms with van der Waals surface area (Å²) in [5.41, 5.74) is 3.56. The van der Waals surface area contributed by atoms with Crippen LogP contribution in [0.5, 0.6) is 0 Å². The largest absolute Gasteiger partial charge is 0.294 e. The number of hydrogen-bond donors (Lipinski definition) is 0. The molecule has 0 saturated carbocycles. The SMILES string of the molecule is Cc1nc([C@H](C)N(C)Cc2ccnc3ccccc23)c(C)s1. The lowest BCUT2D eigenvalue weighted by Gasteiger charge is -2.24. The fourth-order valence-electron chi connectivity index (χ4n) is 2.84. The van der Waals surface area contributed by atoms with E-state index in [1.165, 1.54) is 21.5 Å². The number of aryl methyl sites for hydroxylation is 2. The number of rotatable bonds is 4. The summed E-state index contributed by atoms with van der Waals surface area (Å²) in [6.45, 7) is 7.35. The molecule has 0 radical (unpaired) electrons. The van der Waals surface area contributed by atoms with Gasteiger partial charge >= 0.3 is 0 Å². The molecule has 3 nitrogen and oxygen atoms in total. The molecule has 1 atom stereocenters. The van der Waals surface area contributed by atoms with E-state index in [9.17, 15) is 0 Å². The second-order valence-corrected chi connectivity index (χ2v) is 7.16. The number of hydrogen-bond acceptors (Lipinski definition) is 4. The van der Waals surface area contributed by atoms with Crippen LogP contribution in [0, 0.1) is 13.8 Å². The first-order valence-electron chi connectivity index (χ1n) is 7.53. The molecule has 0 amide bonds. The van der Waals surface area contributed by atoms with Gasteiger partial charge in [0.05, 0.1) is 22.3 Å². The molecule has 3 aromatic rings. The van der Waals surface area contributed by atoms with Gasteiger partial charge in [-0.1, -0.05) is 18.2 Å². The van der Waals surface area contributed by atoms with Gasteiger partial charge in [-0.3, -0.25) is 9.88 Å². The van der Waals surface area contributed by atoms with E-state index >= 15 is 0 Å². The van der Waals surface area contributed by atoms with Gasteiger partial charge in [-0.05, 0) is 45.5 Å². The second kappa shape index (κ2) is 6.15. The van der Waals surface area contributed by atoms with E-state index < -0.39 is 0 Å². The molecular formula is C18H21N3S. The molecule has 0 fully saturated rings. The fourth-order valence-corrected chi connectivity index (χ4v) is 3.75. The zero-order valence-electron chi connectivity index (χ0n) is 13.5. The minimum Gasteiger partial charge on any atom is -0.294 e. The summed E-state index contributed by atoms with van der Waals surface area (Å²) < 4.78 is 0. The maximum absolute atomic E-state index is 4.70. The lowest BCUT2D eigenvalue weighted by molar-refractivity contribution is 0.249. The van der Waals surface area contributed by atoms with Crippen LogP contribution in [0.3, 0.4) is 0 Å². The van der Waals surface area contributed by atoms with Gasteiger partial charge in [0, 0.05) is 23.0 Å². The third-order valence-corrected chi connectivity index (χ3v) is 5.06. The summed E-state index contributed by atoms with van der Waals surface area (Å²) in [5, 5.41) is 2.37. The molecule has 0 N–H and O–H groups in total. The standard InChI is InChI=1S/C18H21N3S/c1-12(18-13(2)22-14(3)20-18)21(4)11-15-9-10-19-17-8-6-5-7-16(15)17/h5-10,12H,11H2,1-4H3/t12-/m0/s1. The lowest BCUT2D eigenvalue weighted by atomic mass is 10.1. The molecule has 114 valence electrons. The molecule has 0 saturated heterocycles. The van der Waals surface area contributed by atoms with Crippen molar-refractivity contribution in [3.8, 4) is 0 Å². The predicted molar refractivity (Wildman–Crippen MR) is 93.2 cm³/mol. The molecule has 4 heteroatoms. The van der Waals surface area contributed by atoms with Crippen molar-refractivity contribution in [1.29, 1.82) is 0 Å². The van der Waals surface area contributed by atoms with Gasteiger partial charge in [-0.15, -0.1) is 11.3 Å². The highest BCUT2D eigenvalue weighted by Gasteiger charge is 2.18. The van der Waals surface area contributed by atoms with Gasteiger partial charge < -0.3 is 0 Å². The van der Waals surface area contributed by atoms with Crippen molar-refractivity contribution in [3.05, 3.63) is 57.7 Å². The molecule has 0 aliphatic heterocycles. The number of thiazole rings is 1. The van der Waals surface area contributed by atoms with E-state index in [4.69, 9.17) is 4.98 Å². The van der Waals surface area contributed by atoms with Crippen LogP contribution in [0.1, 0.15) is 34.1 Å². The average Bonchev–Trinajstić information content (AvgIpc) is 2.85. The van der Waals surface area contributed by atoms with Crippen LogP contribution in [0.15, 0.2) is 36.5 Å². The van der Waals surface area contributed by atoms with Crippen LogP contribution in [0.2, 0.25) is 0 Å². The normalized spacial score (nSPS) is 13.0. The summed E-state index contributed by atoms with van der Waals surface area (Å²) in [5.74, 6) is 0. The van der Waals surface area contributed by atoms with Gasteiger partial charge in [0.2, 0.25) is 0 Å². The quantitative estimate of drug-likeness (QED) is 0.710. The van der Waals surface area contributed by atoms with Crippen molar-refractivity contribution in [3.63, 3.8) is 0 Å². The molecule has 0 aliphatic rings. The Morgan fingerprint density at radius 1 is 1.18 bits per heavy atom. The topological polar surface area (TPSA) is 29.0 Å². The maximum Gasteiger partial charge on any atom is 0.0900 e. The fraction of sp³-hybridized carbons (Fsp3) is 0.333. The Labute approximate surface area is 135 Å². The highest BCUT2D eigenvalue weighted by atomic mass is 32.1. The van der Waals surface area contributed by atoms with E-state index in [-0.39, 0.29) is 0 Å². The molecule has 0 bridgehead atoms. The van der Waals surface area contributed by atoms with Gasteiger partial charge in [0.1, 0.15) is 0 Å². The van der Waals surface area contributed by atoms with E-state index in [0.717, 1.165) is 17.1 Å². The van der Waals surface area contributed by atoms with E-state index in [1.807, 2.05) is 12.3 Å². The molecule has 0 unspecified atom stereocenters. The predicted octanol–water partition coefficient (Wildman–Crippen LogP) is 4.50. The van der Waals surface area contributed by atoms with Crippen LogP contribution in [-0.2, 0) is 6.54 Å². The third kappa shape index (κ3) is 2.89. The Balaban J connectivity index is 1.87. The van der Waals surface area contributed by atoms with Gasteiger partial charge in [0.15, 0.2) is 0 Å². The number of para-hydroxylation sites is 1. The lowest BCUT2D eigenvalue weighted by Crippen LogP contribution is -2.23. The first-order valence-corrected chi connectivity index (χ1v) is 8.34. The van der Waals surface area contributed by atoms with Crippen LogP contribution in [0.25, 0.3) is 10.9 Å². The Morgan fingerprint density at radius 3 is 2.68 bits per heavy atom. The summed E-state index contributed by atoms with van der Waals surface area (Å²) >= 11 is 1.78. The first kappa shape index (κ1) is 15.1. The Kier molecular flexibility index (Phi) is 4.23. The summed E-state index contributed by atoms with van der Waals surface area (Å²) in [7, 11) is 2.16. The van der Waals surface area contributed by atoms with Crippen LogP contribution >= 0.6 is 11.3 Å². The Bertz CT molecular complexity index is 789. The Hall–Kier alpha value is -1.78. The summed E-state index contributed by atoms with van der Waals surface area (Å²) in [6.07, 6.45) is 1.90. The van der Waals surface area contributed by atoms with Gasteiger partial charge in [-0.25, -0.2) is 4.98 Å². The molecule has 22 heavy (non-hydrogen) atoms. The van der Waals surface area contributed by atoms with Crippen molar-refractivity contribution in [2.75, 3.05) is 7.05 Å². The molecule has 1 aromatic carbocycles. The third-order valence-electron chi connectivity index (χ3n) is 4.16. The Morgan fingerprint density at radius 2 is 1.95 bits per heavy atom. The minimum absolute atomic E-state index is 0.303. The molecule has 2 aromatic heterocycles. The summed E-state index contributed by atoms with van der Waals surface area (Å²) in [4.78, 5) is 12.8. The van der Waals surface area contributed by atoms with Crippen LogP contribution in [0.4, 0.5) is 0 Å². The zero-order chi connectivity index (χ0) is 15.7. The average molecular weight is 311 g/mol. The molecule has 3 rings (SSSR count). The van der Waals surface area contributed by atoms with Crippen molar-refractivity contribution in [1.82, 2.24) is 14.9 Å². The van der Waals surface area contributed by atoms with Gasteiger partial charge in [0.25, 0.3) is 0 Å². The highest BCUT2D eigenvalue weighted by Crippen LogP contribution is 2.28. The molecule has 0 spiro atoms. The molecule has 2 heterocycles. The summed E-state index contributed by atoms with van der Waals surface area (Å²) in [6, 6.07) is 10.7. The second-order valence-electron chi connectivity index (χ2n) is 5.75. The van der Waals surface area contributed by atoms with Crippen molar-refractivity contribution in [2.24, 2.45) is 0 Å². The van der Waals surface area contributed by atoms with Crippen molar-refractivity contribution in [2.45, 2.75) is 33.4 Å². The number of pyridine rings is 1. The van der Waals surface area contributed by atoms with Crippen molar-refractivity contribution < 1.29 is 0 Å². The smallest absolute Gasteiger partial charge is 0.0900 e. The number of benzene rings is 1. The van der Waals surface area contributed by atoms with Crippen molar-refractivity contribution >= 4 is 22.2 Å². The van der Waals surface area contributed by atoms with E-state index in [2.05, 4.69) is 62.0 Å². The molecule has 0 aliphatic carbocycles. The number of nitrogens with zero attached hydrogens (tertiary/aromatic N) is 3. The first-order chi connectivity index (χ1) is 10.6. The molecular weight excluding hydrogens is 290 g/mol. The van der Waals surface area contributed by atoms with Crippen LogP contribution in [-0.4, -0.2) is 21.9 Å². The monoisotopic (exact) mass is 311 g/mol. The minimum atomic E-state index is 0.303. The van der Waals surface area contributed by atoms with E-state index in [1.54, 1.807) is 11.3 Å². The number of fused-ring (bicyclic) bond motifs is 1. The highest BCUT2D eigenvalue weighted by molar-refractivity contribution is 7.11.